The third kappa shape index (κ3) is 3.89. The summed E-state index contributed by atoms with van der Waals surface area (Å²) in [5.41, 5.74) is 1.49. The van der Waals surface area contributed by atoms with E-state index in [9.17, 15) is 4.79 Å². The van der Waals surface area contributed by atoms with Crippen LogP contribution in [0.4, 0.5) is 0 Å². The number of benzene rings is 1. The molecule has 0 spiro atoms. The van der Waals surface area contributed by atoms with Gasteiger partial charge in [0, 0.05) is 23.9 Å². The lowest BCUT2D eigenvalue weighted by Crippen LogP contribution is -2.50. The highest BCUT2D eigenvalue weighted by Gasteiger charge is 2.42. The first-order valence-electron chi connectivity index (χ1n) is 8.49. The Balaban J connectivity index is 1.43. The van der Waals surface area contributed by atoms with Crippen LogP contribution in [0.25, 0.3) is 0 Å². The van der Waals surface area contributed by atoms with Crippen molar-refractivity contribution in [3.8, 4) is 5.75 Å². The fourth-order valence-corrected chi connectivity index (χ4v) is 2.89. The van der Waals surface area contributed by atoms with Crippen LogP contribution in [0.15, 0.2) is 24.3 Å². The zero-order valence-electron chi connectivity index (χ0n) is 13.9. The molecule has 0 unspecified atom stereocenters. The van der Waals surface area contributed by atoms with Crippen molar-refractivity contribution in [2.75, 3.05) is 0 Å². The topological polar surface area (TPSA) is 38.3 Å². The van der Waals surface area contributed by atoms with E-state index in [4.69, 9.17) is 4.74 Å². The number of Topliss-reactive ketones (excluding diaryl/α,β-unsaturated/α-hetero) is 1. The second kappa shape index (κ2) is 6.04. The van der Waals surface area contributed by atoms with Gasteiger partial charge in [-0.05, 0) is 50.3 Å². The summed E-state index contributed by atoms with van der Waals surface area (Å²) in [6, 6.07) is 8.63. The molecule has 1 N–H and O–H groups in total. The number of carbonyl (C=O) groups excluding carboxylic acids is 1. The molecule has 0 bridgehead atoms. The summed E-state index contributed by atoms with van der Waals surface area (Å²) in [5.74, 6) is 1.31. The van der Waals surface area contributed by atoms with E-state index in [1.807, 2.05) is 38.1 Å². The fourth-order valence-electron chi connectivity index (χ4n) is 2.89. The van der Waals surface area contributed by atoms with Crippen molar-refractivity contribution < 1.29 is 9.53 Å². The largest absolute Gasteiger partial charge is 0.490 e. The van der Waals surface area contributed by atoms with Gasteiger partial charge in [-0.3, -0.25) is 4.79 Å². The van der Waals surface area contributed by atoms with Crippen molar-refractivity contribution in [2.24, 2.45) is 5.92 Å². The second-order valence-corrected chi connectivity index (χ2v) is 7.55. The van der Waals surface area contributed by atoms with Crippen molar-refractivity contribution in [3.05, 3.63) is 29.8 Å². The molecule has 120 valence electrons. The van der Waals surface area contributed by atoms with Gasteiger partial charge < -0.3 is 10.1 Å². The Bertz CT molecular complexity index is 525. The van der Waals surface area contributed by atoms with E-state index in [1.165, 1.54) is 12.8 Å². The molecule has 0 saturated heterocycles. The Morgan fingerprint density at radius 2 is 1.91 bits per heavy atom. The lowest BCUT2D eigenvalue weighted by atomic mass is 9.88. The highest BCUT2D eigenvalue weighted by Crippen LogP contribution is 2.38. The second-order valence-electron chi connectivity index (χ2n) is 7.55. The van der Waals surface area contributed by atoms with Gasteiger partial charge >= 0.3 is 0 Å². The quantitative estimate of drug-likeness (QED) is 0.837. The minimum absolute atomic E-state index is 0.101. The van der Waals surface area contributed by atoms with Crippen LogP contribution in [0.1, 0.15) is 52.0 Å². The molecule has 0 heterocycles. The van der Waals surface area contributed by atoms with Gasteiger partial charge in [0.1, 0.15) is 17.6 Å². The lowest BCUT2D eigenvalue weighted by molar-refractivity contribution is -0.121. The molecule has 0 radical (unpaired) electrons. The van der Waals surface area contributed by atoms with Crippen LogP contribution in [-0.4, -0.2) is 23.5 Å². The fraction of sp³-hybridized carbons (Fsp3) is 0.632. The molecule has 0 atom stereocenters. The van der Waals surface area contributed by atoms with E-state index in [0.717, 1.165) is 24.2 Å². The van der Waals surface area contributed by atoms with Crippen molar-refractivity contribution in [1.82, 2.24) is 5.32 Å². The van der Waals surface area contributed by atoms with Gasteiger partial charge in [0.25, 0.3) is 0 Å². The predicted octanol–water partition coefficient (Wildman–Crippen LogP) is 3.51. The molecule has 22 heavy (non-hydrogen) atoms. The molecule has 2 fully saturated rings. The first-order valence-corrected chi connectivity index (χ1v) is 8.49. The van der Waals surface area contributed by atoms with Gasteiger partial charge in [0.2, 0.25) is 0 Å². The van der Waals surface area contributed by atoms with Crippen LogP contribution >= 0.6 is 0 Å². The van der Waals surface area contributed by atoms with Crippen LogP contribution in [0, 0.1) is 5.92 Å². The van der Waals surface area contributed by atoms with Gasteiger partial charge in [-0.15, -0.1) is 0 Å². The van der Waals surface area contributed by atoms with E-state index >= 15 is 0 Å². The Hall–Kier alpha value is -1.35. The molecule has 3 nitrogen and oxygen atoms in total. The third-order valence-corrected chi connectivity index (χ3v) is 4.90. The van der Waals surface area contributed by atoms with Crippen molar-refractivity contribution >= 4 is 5.78 Å². The molecule has 2 aliphatic carbocycles. The molecule has 1 aromatic carbocycles. The predicted molar refractivity (Wildman–Crippen MR) is 88.2 cm³/mol. The van der Waals surface area contributed by atoms with E-state index in [0.29, 0.717) is 24.1 Å². The Morgan fingerprint density at radius 1 is 1.27 bits per heavy atom. The highest BCUT2D eigenvalue weighted by atomic mass is 16.5. The molecule has 3 rings (SSSR count). The summed E-state index contributed by atoms with van der Waals surface area (Å²) in [7, 11) is 0. The molecular formula is C19H27NO2. The molecule has 0 amide bonds. The highest BCUT2D eigenvalue weighted by molar-refractivity contribution is 5.82. The zero-order valence-corrected chi connectivity index (χ0v) is 13.9. The molecule has 3 heteroatoms. The Kier molecular flexibility index (Phi) is 4.26. The van der Waals surface area contributed by atoms with Gasteiger partial charge in [0.15, 0.2) is 0 Å². The van der Waals surface area contributed by atoms with Gasteiger partial charge in [0.05, 0.1) is 0 Å². The number of rotatable bonds is 7. The standard InChI is InChI=1S/C19H27NO2/c1-13(2)18(21)10-14-4-6-16(7-5-14)22-17-11-15(12-17)20-19(3)8-9-19/h4-7,13,15,17,20H,8-12H2,1-3H3/t15-,17+. The average Bonchev–Trinajstić information content (AvgIpc) is 3.16. The summed E-state index contributed by atoms with van der Waals surface area (Å²) >= 11 is 0. The van der Waals surface area contributed by atoms with Crippen molar-refractivity contribution in [1.29, 1.82) is 0 Å². The molecule has 2 aliphatic rings. The van der Waals surface area contributed by atoms with Crippen LogP contribution in [0.3, 0.4) is 0 Å². The summed E-state index contributed by atoms with van der Waals surface area (Å²) in [6.45, 7) is 6.20. The molecule has 2 saturated carbocycles. The SMILES string of the molecule is CC(C)C(=O)Cc1ccc(O[C@H]2C[C@@H](NC3(C)CC3)C2)cc1. The normalized spacial score (nSPS) is 25.6. The number of carbonyl (C=O) groups is 1. The van der Waals surface area contributed by atoms with E-state index in [2.05, 4.69) is 12.2 Å². The maximum Gasteiger partial charge on any atom is 0.139 e. The molecule has 0 aliphatic heterocycles. The summed E-state index contributed by atoms with van der Waals surface area (Å²) in [4.78, 5) is 11.7. The van der Waals surface area contributed by atoms with E-state index in [-0.39, 0.29) is 11.7 Å². The molecule has 0 aromatic heterocycles. The monoisotopic (exact) mass is 301 g/mol. The number of hydrogen-bond donors (Lipinski definition) is 1. The Labute approximate surface area is 133 Å². The molecular weight excluding hydrogens is 274 g/mol. The Morgan fingerprint density at radius 3 is 2.45 bits per heavy atom. The number of ketones is 1. The summed E-state index contributed by atoms with van der Waals surface area (Å²) in [5, 5.41) is 3.71. The maximum absolute atomic E-state index is 11.7. The van der Waals surface area contributed by atoms with Crippen molar-refractivity contribution in [3.63, 3.8) is 0 Å². The third-order valence-electron chi connectivity index (χ3n) is 4.90. The van der Waals surface area contributed by atoms with Gasteiger partial charge in [-0.25, -0.2) is 0 Å². The molecule has 1 aromatic rings. The first kappa shape index (κ1) is 15.5. The summed E-state index contributed by atoms with van der Waals surface area (Å²) < 4.78 is 6.00. The van der Waals surface area contributed by atoms with Gasteiger partial charge in [-0.1, -0.05) is 26.0 Å². The summed E-state index contributed by atoms with van der Waals surface area (Å²) in [6.07, 6.45) is 5.68. The number of hydrogen-bond acceptors (Lipinski definition) is 3. The van der Waals surface area contributed by atoms with Crippen LogP contribution < -0.4 is 10.1 Å². The smallest absolute Gasteiger partial charge is 0.139 e. The first-order chi connectivity index (χ1) is 10.4. The minimum atomic E-state index is 0.101. The number of ether oxygens (including phenoxy) is 1. The zero-order chi connectivity index (χ0) is 15.7. The van der Waals surface area contributed by atoms with Crippen LogP contribution in [-0.2, 0) is 11.2 Å². The van der Waals surface area contributed by atoms with Crippen LogP contribution in [0.5, 0.6) is 5.75 Å². The van der Waals surface area contributed by atoms with Crippen LogP contribution in [0.2, 0.25) is 0 Å². The van der Waals surface area contributed by atoms with Crippen molar-refractivity contribution in [2.45, 2.75) is 70.6 Å². The lowest BCUT2D eigenvalue weighted by Gasteiger charge is -2.37. The van der Waals surface area contributed by atoms with E-state index < -0.39 is 0 Å². The van der Waals surface area contributed by atoms with Gasteiger partial charge in [-0.2, -0.15) is 0 Å². The minimum Gasteiger partial charge on any atom is -0.490 e. The average molecular weight is 301 g/mol. The number of nitrogens with one attached hydrogen (secondary N) is 1. The maximum atomic E-state index is 11.7. The van der Waals surface area contributed by atoms with E-state index in [1.54, 1.807) is 0 Å².